The summed E-state index contributed by atoms with van der Waals surface area (Å²) in [6, 6.07) is 11.3. The number of hydrogen-bond donors (Lipinski definition) is 0. The van der Waals surface area contributed by atoms with Gasteiger partial charge in [0.15, 0.2) is 6.29 Å². The van der Waals surface area contributed by atoms with Crippen LogP contribution < -0.4 is 4.74 Å². The Labute approximate surface area is 113 Å². The number of nitrogens with zero attached hydrogens (tertiary/aromatic N) is 1. The molecule has 1 aromatic heterocycles. The normalized spacial score (nSPS) is 10.2. The number of hydrogen-bond acceptors (Lipinski definition) is 3. The first kappa shape index (κ1) is 13.3. The van der Waals surface area contributed by atoms with Gasteiger partial charge in [-0.2, -0.15) is 0 Å². The number of carbonyl (C=O) groups is 1. The van der Waals surface area contributed by atoms with Crippen molar-refractivity contribution in [3.05, 3.63) is 53.7 Å². The van der Waals surface area contributed by atoms with Crippen LogP contribution in [0.25, 0.3) is 0 Å². The molecule has 1 aromatic carbocycles. The van der Waals surface area contributed by atoms with Gasteiger partial charge in [0.25, 0.3) is 0 Å². The molecule has 0 aliphatic heterocycles. The largest absolute Gasteiger partial charge is 0.438 e. The van der Waals surface area contributed by atoms with Crippen molar-refractivity contribution in [1.29, 1.82) is 0 Å². The van der Waals surface area contributed by atoms with Gasteiger partial charge >= 0.3 is 0 Å². The lowest BCUT2D eigenvalue weighted by Gasteiger charge is -2.07. The number of aryl methyl sites for hydroxylation is 1. The van der Waals surface area contributed by atoms with Gasteiger partial charge in [0.05, 0.1) is 5.56 Å². The first-order chi connectivity index (χ1) is 9.33. The average molecular weight is 255 g/mol. The highest BCUT2D eigenvalue weighted by Gasteiger charge is 2.04. The van der Waals surface area contributed by atoms with E-state index in [1.165, 1.54) is 18.4 Å². The summed E-state index contributed by atoms with van der Waals surface area (Å²) in [5.41, 5.74) is 1.75. The van der Waals surface area contributed by atoms with Crippen molar-refractivity contribution in [2.24, 2.45) is 0 Å². The van der Waals surface area contributed by atoms with Crippen molar-refractivity contribution in [3.63, 3.8) is 0 Å². The van der Waals surface area contributed by atoms with Crippen LogP contribution in [0.1, 0.15) is 35.7 Å². The summed E-state index contributed by atoms with van der Waals surface area (Å²) in [4.78, 5) is 14.9. The minimum absolute atomic E-state index is 0.346. The Bertz CT molecular complexity index is 535. The molecule has 2 rings (SSSR count). The zero-order valence-corrected chi connectivity index (χ0v) is 11.0. The van der Waals surface area contributed by atoms with Gasteiger partial charge in [-0.3, -0.25) is 4.79 Å². The van der Waals surface area contributed by atoms with E-state index < -0.39 is 0 Å². The fraction of sp³-hybridized carbons (Fsp3) is 0.250. The fourth-order valence-corrected chi connectivity index (χ4v) is 1.79. The molecule has 1 heterocycles. The zero-order valence-electron chi connectivity index (χ0n) is 11.0. The quantitative estimate of drug-likeness (QED) is 0.731. The lowest BCUT2D eigenvalue weighted by atomic mass is 10.1. The Morgan fingerprint density at radius 3 is 2.68 bits per heavy atom. The number of pyridine rings is 1. The molecular formula is C16H17NO2. The van der Waals surface area contributed by atoms with E-state index in [2.05, 4.69) is 24.0 Å². The van der Waals surface area contributed by atoms with E-state index in [1.54, 1.807) is 18.3 Å². The molecule has 0 bridgehead atoms. The van der Waals surface area contributed by atoms with Crippen LogP contribution in [-0.2, 0) is 6.42 Å². The van der Waals surface area contributed by atoms with Crippen LogP contribution in [0.2, 0.25) is 0 Å². The number of benzene rings is 1. The average Bonchev–Trinajstić information content (AvgIpc) is 2.47. The van der Waals surface area contributed by atoms with Crippen molar-refractivity contribution >= 4 is 6.29 Å². The lowest BCUT2D eigenvalue weighted by Crippen LogP contribution is -1.93. The van der Waals surface area contributed by atoms with Crippen molar-refractivity contribution in [2.45, 2.75) is 26.2 Å². The maximum absolute atomic E-state index is 10.9. The zero-order chi connectivity index (χ0) is 13.5. The van der Waals surface area contributed by atoms with Crippen LogP contribution in [0.3, 0.4) is 0 Å². The highest BCUT2D eigenvalue weighted by molar-refractivity contribution is 5.78. The summed E-state index contributed by atoms with van der Waals surface area (Å²) in [6.07, 6.45) is 5.82. The molecule has 0 unspecified atom stereocenters. The summed E-state index contributed by atoms with van der Waals surface area (Å²) >= 11 is 0. The van der Waals surface area contributed by atoms with Crippen molar-refractivity contribution in [1.82, 2.24) is 4.98 Å². The summed E-state index contributed by atoms with van der Waals surface area (Å²) < 4.78 is 5.62. The predicted molar refractivity (Wildman–Crippen MR) is 74.8 cm³/mol. The maximum atomic E-state index is 10.9. The lowest BCUT2D eigenvalue weighted by molar-refractivity contribution is 0.112. The van der Waals surface area contributed by atoms with Gasteiger partial charge in [-0.15, -0.1) is 0 Å². The fourth-order valence-electron chi connectivity index (χ4n) is 1.79. The molecular weight excluding hydrogens is 238 g/mol. The molecule has 19 heavy (non-hydrogen) atoms. The molecule has 0 aliphatic rings. The van der Waals surface area contributed by atoms with Crippen LogP contribution in [0.15, 0.2) is 42.6 Å². The Kier molecular flexibility index (Phi) is 4.67. The molecule has 0 fully saturated rings. The summed E-state index contributed by atoms with van der Waals surface area (Å²) in [6.45, 7) is 2.18. The van der Waals surface area contributed by atoms with E-state index in [1.807, 2.05) is 12.1 Å². The Morgan fingerprint density at radius 2 is 2.00 bits per heavy atom. The smallest absolute Gasteiger partial charge is 0.229 e. The molecule has 0 spiro atoms. The van der Waals surface area contributed by atoms with Crippen LogP contribution >= 0.6 is 0 Å². The van der Waals surface area contributed by atoms with Crippen LogP contribution in [0.4, 0.5) is 0 Å². The molecule has 3 nitrogen and oxygen atoms in total. The molecule has 0 amide bonds. The van der Waals surface area contributed by atoms with E-state index >= 15 is 0 Å². The van der Waals surface area contributed by atoms with Crippen molar-refractivity contribution < 1.29 is 9.53 Å². The third-order valence-electron chi connectivity index (χ3n) is 2.88. The predicted octanol–water partition coefficient (Wildman–Crippen LogP) is 4.03. The summed E-state index contributed by atoms with van der Waals surface area (Å²) in [7, 11) is 0. The number of unbranched alkanes of at least 4 members (excludes halogenated alkanes) is 1. The van der Waals surface area contributed by atoms with Crippen molar-refractivity contribution in [3.8, 4) is 11.6 Å². The first-order valence-corrected chi connectivity index (χ1v) is 6.50. The summed E-state index contributed by atoms with van der Waals surface area (Å²) in [5.74, 6) is 1.04. The van der Waals surface area contributed by atoms with Gasteiger partial charge in [-0.25, -0.2) is 4.98 Å². The van der Waals surface area contributed by atoms with Crippen LogP contribution in [-0.4, -0.2) is 11.3 Å². The van der Waals surface area contributed by atoms with E-state index in [-0.39, 0.29) is 0 Å². The molecule has 0 atom stereocenters. The van der Waals surface area contributed by atoms with Crippen molar-refractivity contribution in [2.75, 3.05) is 0 Å². The Hall–Kier alpha value is -2.16. The second-order valence-corrected chi connectivity index (χ2v) is 4.37. The van der Waals surface area contributed by atoms with E-state index in [4.69, 9.17) is 4.74 Å². The number of ether oxygens (including phenoxy) is 1. The van der Waals surface area contributed by atoms with Crippen LogP contribution in [0, 0.1) is 0 Å². The highest BCUT2D eigenvalue weighted by Crippen LogP contribution is 2.22. The second kappa shape index (κ2) is 6.69. The molecule has 98 valence electrons. The Balaban J connectivity index is 2.08. The number of rotatable bonds is 6. The van der Waals surface area contributed by atoms with Gasteiger partial charge in [0.1, 0.15) is 5.75 Å². The third kappa shape index (κ3) is 3.65. The molecule has 0 N–H and O–H groups in total. The third-order valence-corrected chi connectivity index (χ3v) is 2.88. The Morgan fingerprint density at radius 1 is 1.21 bits per heavy atom. The highest BCUT2D eigenvalue weighted by atomic mass is 16.5. The molecule has 3 heteroatoms. The number of aldehydes is 1. The first-order valence-electron chi connectivity index (χ1n) is 6.50. The number of carbonyl (C=O) groups excluding carboxylic acids is 1. The molecule has 0 saturated carbocycles. The molecule has 2 aromatic rings. The molecule has 0 radical (unpaired) electrons. The second-order valence-electron chi connectivity index (χ2n) is 4.37. The number of aromatic nitrogens is 1. The summed E-state index contributed by atoms with van der Waals surface area (Å²) in [5, 5.41) is 0. The van der Waals surface area contributed by atoms with Gasteiger partial charge in [-0.05, 0) is 42.7 Å². The van der Waals surface area contributed by atoms with Crippen LogP contribution in [0.5, 0.6) is 11.6 Å². The monoisotopic (exact) mass is 255 g/mol. The van der Waals surface area contributed by atoms with E-state index in [0.29, 0.717) is 17.2 Å². The minimum Gasteiger partial charge on any atom is -0.438 e. The molecule has 0 aliphatic carbocycles. The topological polar surface area (TPSA) is 39.2 Å². The van der Waals surface area contributed by atoms with Gasteiger partial charge in [-0.1, -0.05) is 25.5 Å². The maximum Gasteiger partial charge on any atom is 0.229 e. The minimum atomic E-state index is 0.346. The van der Waals surface area contributed by atoms with Gasteiger partial charge in [0, 0.05) is 6.20 Å². The van der Waals surface area contributed by atoms with Gasteiger partial charge < -0.3 is 4.74 Å². The standard InChI is InChI=1S/C16H17NO2/c1-2-3-5-13-7-9-15(10-8-13)19-16-14(12-18)6-4-11-17-16/h4,6-12H,2-3,5H2,1H3. The molecule has 0 saturated heterocycles. The SMILES string of the molecule is CCCCc1ccc(Oc2ncccc2C=O)cc1. The van der Waals surface area contributed by atoms with E-state index in [0.717, 1.165) is 12.7 Å². The van der Waals surface area contributed by atoms with Gasteiger partial charge in [0.2, 0.25) is 5.88 Å². The van der Waals surface area contributed by atoms with E-state index in [9.17, 15) is 4.79 Å².